The molecule has 0 N–H and O–H groups in total. The molecular weight excluding hydrogens is 716 g/mol. The first-order valence-electron chi connectivity index (χ1n) is 18.1. The summed E-state index contributed by atoms with van der Waals surface area (Å²) < 4.78 is 5.36. The molecule has 6 nitrogen and oxygen atoms in total. The summed E-state index contributed by atoms with van der Waals surface area (Å²) in [5, 5.41) is 14.1. The maximum atomic E-state index is 5.15. The highest BCUT2D eigenvalue weighted by Crippen LogP contribution is 2.43. The minimum absolute atomic E-state index is 0.658. The van der Waals surface area contributed by atoms with Gasteiger partial charge in [0.05, 0.1) is 5.69 Å². The van der Waals surface area contributed by atoms with Crippen molar-refractivity contribution in [1.29, 1.82) is 0 Å². The van der Waals surface area contributed by atoms with E-state index in [4.69, 9.17) is 15.3 Å². The molecule has 0 aliphatic heterocycles. The minimum atomic E-state index is -0.872. The number of tetrazole rings is 1. The van der Waals surface area contributed by atoms with Gasteiger partial charge in [0.2, 0.25) is 0 Å². The van der Waals surface area contributed by atoms with Crippen molar-refractivity contribution in [3.05, 3.63) is 203 Å². The van der Waals surface area contributed by atoms with Crippen molar-refractivity contribution >= 4 is 15.9 Å². The summed E-state index contributed by atoms with van der Waals surface area (Å²) in [6.45, 7) is 2.88. The maximum absolute atomic E-state index is 5.15. The Hall–Kier alpha value is -5.92. The molecule has 8 rings (SSSR count). The van der Waals surface area contributed by atoms with Crippen molar-refractivity contribution in [2.24, 2.45) is 0 Å². The Bertz CT molecular complexity index is 2330. The number of benzene rings is 6. The fourth-order valence-corrected chi connectivity index (χ4v) is 7.74. The van der Waals surface area contributed by atoms with Crippen LogP contribution in [0.5, 0.6) is 0 Å². The molecule has 260 valence electrons. The van der Waals surface area contributed by atoms with Crippen molar-refractivity contribution in [2.45, 2.75) is 38.3 Å². The smallest absolute Gasteiger partial charge is 0.184 e. The molecular formula is C46H39BrN6. The fourth-order valence-electron chi connectivity index (χ4n) is 7.34. The summed E-state index contributed by atoms with van der Waals surface area (Å²) in [5.41, 5.74) is 8.60. The van der Waals surface area contributed by atoms with E-state index in [0.717, 1.165) is 79.8 Å². The number of aryl methyl sites for hydroxylation is 1. The lowest BCUT2D eigenvalue weighted by Crippen LogP contribution is -2.39. The second-order valence-corrected chi connectivity index (χ2v) is 14.2. The first kappa shape index (κ1) is 34.2. The van der Waals surface area contributed by atoms with Gasteiger partial charge in [-0.1, -0.05) is 175 Å². The molecule has 2 heterocycles. The van der Waals surface area contributed by atoms with Crippen LogP contribution in [0.15, 0.2) is 174 Å². The van der Waals surface area contributed by atoms with E-state index in [-0.39, 0.29) is 0 Å². The summed E-state index contributed by atoms with van der Waals surface area (Å²) in [4.78, 5) is 5.15. The lowest BCUT2D eigenvalue weighted by Gasteiger charge is -2.36. The standard InChI is InChI=1S/C46H39BrN6/c1-2-3-27-44-48-43(36-19-16-26-40(47)31-36)33-52(44)32-34-28-29-41(35-17-8-4-9-18-35)42(30-34)45-49-50-51-53(45)46(37-20-10-5-11-21-37,38-22-12-6-13-23-38)39-24-14-7-15-25-39/h4-26,28-31,33H,2-3,27,32H2,1H3. The Morgan fingerprint density at radius 3 is 1.83 bits per heavy atom. The molecule has 0 atom stereocenters. The third-order valence-corrected chi connectivity index (χ3v) is 10.4. The second-order valence-electron chi connectivity index (χ2n) is 13.3. The molecule has 0 bridgehead atoms. The zero-order chi connectivity index (χ0) is 36.0. The number of unbranched alkanes of at least 4 members (excludes halogenated alkanes) is 1. The molecule has 7 heteroatoms. The Morgan fingerprint density at radius 2 is 1.23 bits per heavy atom. The monoisotopic (exact) mass is 754 g/mol. The highest BCUT2D eigenvalue weighted by molar-refractivity contribution is 9.10. The van der Waals surface area contributed by atoms with Gasteiger partial charge in [-0.05, 0) is 68.4 Å². The van der Waals surface area contributed by atoms with Crippen molar-refractivity contribution in [3.8, 4) is 33.8 Å². The maximum Gasteiger partial charge on any atom is 0.184 e. The predicted octanol–water partition coefficient (Wildman–Crippen LogP) is 10.9. The zero-order valence-electron chi connectivity index (χ0n) is 29.6. The molecule has 0 radical (unpaired) electrons. The molecule has 8 aromatic rings. The number of nitrogens with zero attached hydrogens (tertiary/aromatic N) is 6. The van der Waals surface area contributed by atoms with Crippen LogP contribution in [-0.4, -0.2) is 29.8 Å². The first-order chi connectivity index (χ1) is 26.1. The van der Waals surface area contributed by atoms with E-state index in [0.29, 0.717) is 12.4 Å². The molecule has 0 saturated heterocycles. The average Bonchev–Trinajstić information content (AvgIpc) is 3.87. The number of imidazole rings is 1. The summed E-state index contributed by atoms with van der Waals surface area (Å²) >= 11 is 3.64. The molecule has 0 fully saturated rings. The zero-order valence-corrected chi connectivity index (χ0v) is 31.1. The average molecular weight is 756 g/mol. The van der Waals surface area contributed by atoms with E-state index in [1.165, 1.54) is 0 Å². The van der Waals surface area contributed by atoms with E-state index in [9.17, 15) is 0 Å². The first-order valence-corrected chi connectivity index (χ1v) is 18.9. The Labute approximate surface area is 319 Å². The fraction of sp³-hybridized carbons (Fsp3) is 0.130. The van der Waals surface area contributed by atoms with Crippen LogP contribution in [0.25, 0.3) is 33.8 Å². The molecule has 0 unspecified atom stereocenters. The van der Waals surface area contributed by atoms with E-state index in [1.54, 1.807) is 0 Å². The van der Waals surface area contributed by atoms with Crippen LogP contribution in [0, 0.1) is 0 Å². The van der Waals surface area contributed by atoms with Gasteiger partial charge < -0.3 is 4.57 Å². The van der Waals surface area contributed by atoms with Gasteiger partial charge in [0.25, 0.3) is 0 Å². The van der Waals surface area contributed by atoms with Gasteiger partial charge in [-0.15, -0.1) is 5.10 Å². The van der Waals surface area contributed by atoms with Gasteiger partial charge in [-0.25, -0.2) is 9.67 Å². The Kier molecular flexibility index (Phi) is 9.91. The van der Waals surface area contributed by atoms with Crippen molar-refractivity contribution < 1.29 is 0 Å². The molecule has 0 amide bonds. The molecule has 0 aliphatic carbocycles. The molecule has 6 aromatic carbocycles. The van der Waals surface area contributed by atoms with Crippen molar-refractivity contribution in [3.63, 3.8) is 0 Å². The number of hydrogen-bond acceptors (Lipinski definition) is 4. The summed E-state index contributed by atoms with van der Waals surface area (Å²) in [6, 6.07) is 57.2. The van der Waals surface area contributed by atoms with Gasteiger partial charge in [0.15, 0.2) is 5.82 Å². The predicted molar refractivity (Wildman–Crippen MR) is 216 cm³/mol. The molecule has 53 heavy (non-hydrogen) atoms. The highest BCUT2D eigenvalue weighted by atomic mass is 79.9. The van der Waals surface area contributed by atoms with Gasteiger partial charge in [-0.3, -0.25) is 0 Å². The number of hydrogen-bond donors (Lipinski definition) is 0. The number of rotatable bonds is 12. The highest BCUT2D eigenvalue weighted by Gasteiger charge is 2.42. The Balaban J connectivity index is 1.33. The van der Waals surface area contributed by atoms with Crippen LogP contribution in [0.2, 0.25) is 0 Å². The van der Waals surface area contributed by atoms with E-state index in [1.807, 2.05) is 16.8 Å². The summed E-state index contributed by atoms with van der Waals surface area (Å²) in [5.74, 6) is 1.76. The second kappa shape index (κ2) is 15.4. The largest absolute Gasteiger partial charge is 0.330 e. The van der Waals surface area contributed by atoms with Crippen LogP contribution in [0.1, 0.15) is 47.8 Å². The summed E-state index contributed by atoms with van der Waals surface area (Å²) in [7, 11) is 0. The third kappa shape index (κ3) is 6.76. The van der Waals surface area contributed by atoms with E-state index >= 15 is 0 Å². The van der Waals surface area contributed by atoms with Gasteiger partial charge in [-0.2, -0.15) is 0 Å². The van der Waals surface area contributed by atoms with Crippen LogP contribution < -0.4 is 0 Å². The molecule has 0 aliphatic rings. The van der Waals surface area contributed by atoms with E-state index < -0.39 is 5.54 Å². The number of aromatic nitrogens is 6. The van der Waals surface area contributed by atoms with Crippen LogP contribution in [-0.2, 0) is 18.5 Å². The Morgan fingerprint density at radius 1 is 0.623 bits per heavy atom. The molecule has 2 aromatic heterocycles. The minimum Gasteiger partial charge on any atom is -0.330 e. The molecule has 0 spiro atoms. The third-order valence-electron chi connectivity index (χ3n) is 9.86. The van der Waals surface area contributed by atoms with Crippen molar-refractivity contribution in [1.82, 2.24) is 29.8 Å². The normalized spacial score (nSPS) is 11.5. The van der Waals surface area contributed by atoms with Crippen molar-refractivity contribution in [2.75, 3.05) is 0 Å². The number of halogens is 1. The SMILES string of the molecule is CCCCc1nc(-c2cccc(Br)c2)cn1Cc1ccc(-c2ccccc2)c(-c2nnnn2C(c2ccccc2)(c2ccccc2)c2ccccc2)c1. The van der Waals surface area contributed by atoms with Gasteiger partial charge in [0.1, 0.15) is 11.4 Å². The molecule has 0 saturated carbocycles. The van der Waals surface area contributed by atoms with E-state index in [2.05, 4.69) is 190 Å². The lowest BCUT2D eigenvalue weighted by molar-refractivity contribution is 0.451. The summed E-state index contributed by atoms with van der Waals surface area (Å²) in [6.07, 6.45) is 5.27. The van der Waals surface area contributed by atoms with Crippen LogP contribution in [0.4, 0.5) is 0 Å². The van der Waals surface area contributed by atoms with Gasteiger partial charge >= 0.3 is 0 Å². The topological polar surface area (TPSA) is 61.4 Å². The van der Waals surface area contributed by atoms with Crippen LogP contribution >= 0.6 is 15.9 Å². The van der Waals surface area contributed by atoms with Gasteiger partial charge in [0, 0.05) is 34.8 Å². The quantitative estimate of drug-likeness (QED) is 0.117. The lowest BCUT2D eigenvalue weighted by atomic mass is 9.77. The van der Waals surface area contributed by atoms with Crippen LogP contribution in [0.3, 0.4) is 0 Å².